The molecule has 1 aromatic carbocycles. The minimum atomic E-state index is -4.79. The SMILES string of the molecule is CC.CCNC(=O)NC(Cc1ccc(-c2noc(C(F)(F)F)n2)cn1)c1cccc(C(F)(F)F)c1. The lowest BCUT2D eigenvalue weighted by Gasteiger charge is -2.20. The van der Waals surface area contributed by atoms with E-state index in [1.807, 2.05) is 13.8 Å². The Balaban J connectivity index is 0.00000210. The molecule has 0 saturated heterocycles. The molecule has 0 aliphatic carbocycles. The second-order valence-corrected chi connectivity index (χ2v) is 6.84. The van der Waals surface area contributed by atoms with Crippen molar-refractivity contribution in [3.63, 3.8) is 0 Å². The van der Waals surface area contributed by atoms with Crippen LogP contribution in [0.25, 0.3) is 11.4 Å². The second-order valence-electron chi connectivity index (χ2n) is 6.84. The molecule has 1 unspecified atom stereocenters. The van der Waals surface area contributed by atoms with Gasteiger partial charge in [0.25, 0.3) is 0 Å². The van der Waals surface area contributed by atoms with E-state index in [0.717, 1.165) is 12.1 Å². The van der Waals surface area contributed by atoms with Gasteiger partial charge in [-0.2, -0.15) is 31.3 Å². The van der Waals surface area contributed by atoms with Crippen LogP contribution in [0.2, 0.25) is 0 Å². The summed E-state index contributed by atoms with van der Waals surface area (Å²) in [6.07, 6.45) is -8.14. The smallest absolute Gasteiger partial charge is 0.338 e. The average molecular weight is 503 g/mol. The number of nitrogens with one attached hydrogen (secondary N) is 2. The number of nitrogens with zero attached hydrogens (tertiary/aromatic N) is 3. The van der Waals surface area contributed by atoms with Crippen LogP contribution in [0.5, 0.6) is 0 Å². The van der Waals surface area contributed by atoms with E-state index >= 15 is 0 Å². The molecule has 190 valence electrons. The molecule has 2 N–H and O–H groups in total. The molecule has 0 saturated carbocycles. The number of pyridine rings is 1. The molecule has 0 spiro atoms. The van der Waals surface area contributed by atoms with Crippen LogP contribution in [-0.4, -0.2) is 27.7 Å². The van der Waals surface area contributed by atoms with E-state index < -0.39 is 35.9 Å². The molecule has 35 heavy (non-hydrogen) atoms. The van der Waals surface area contributed by atoms with Crippen molar-refractivity contribution in [1.29, 1.82) is 0 Å². The van der Waals surface area contributed by atoms with Gasteiger partial charge in [0.1, 0.15) is 0 Å². The molecular formula is C22H23F6N5O2. The zero-order valence-electron chi connectivity index (χ0n) is 19.0. The van der Waals surface area contributed by atoms with Crippen molar-refractivity contribution in [3.05, 3.63) is 65.3 Å². The Labute approximate surface area is 196 Å². The predicted octanol–water partition coefficient (Wildman–Crippen LogP) is 5.80. The molecule has 1 atom stereocenters. The number of rotatable bonds is 6. The first-order chi connectivity index (χ1) is 16.5. The molecular weight excluding hydrogens is 480 g/mol. The second kappa shape index (κ2) is 11.7. The summed E-state index contributed by atoms with van der Waals surface area (Å²) in [6.45, 7) is 5.99. The first kappa shape index (κ1) is 27.6. The molecule has 2 amide bonds. The highest BCUT2D eigenvalue weighted by Gasteiger charge is 2.38. The van der Waals surface area contributed by atoms with Gasteiger partial charge in [0.05, 0.1) is 11.6 Å². The van der Waals surface area contributed by atoms with E-state index in [1.54, 1.807) is 6.92 Å². The summed E-state index contributed by atoms with van der Waals surface area (Å²) in [6, 6.07) is 5.92. The summed E-state index contributed by atoms with van der Waals surface area (Å²) in [4.78, 5) is 19.4. The third-order valence-electron chi connectivity index (χ3n) is 4.42. The fraction of sp³-hybridized carbons (Fsp3) is 0.364. The van der Waals surface area contributed by atoms with Crippen LogP contribution >= 0.6 is 0 Å². The number of carbonyl (C=O) groups excluding carboxylic acids is 1. The summed E-state index contributed by atoms with van der Waals surface area (Å²) >= 11 is 0. The highest BCUT2D eigenvalue weighted by atomic mass is 19.4. The number of halogens is 6. The van der Waals surface area contributed by atoms with Crippen LogP contribution in [0.3, 0.4) is 0 Å². The fourth-order valence-corrected chi connectivity index (χ4v) is 2.90. The molecule has 3 rings (SSSR count). The van der Waals surface area contributed by atoms with E-state index in [0.29, 0.717) is 12.2 Å². The largest absolute Gasteiger partial charge is 0.471 e. The van der Waals surface area contributed by atoms with Crippen molar-refractivity contribution >= 4 is 6.03 Å². The maximum absolute atomic E-state index is 13.1. The molecule has 0 radical (unpaired) electrons. The molecule has 0 aliphatic rings. The molecule has 7 nitrogen and oxygen atoms in total. The Morgan fingerprint density at radius 2 is 1.77 bits per heavy atom. The zero-order chi connectivity index (χ0) is 26.2. The van der Waals surface area contributed by atoms with Crippen LogP contribution in [0.15, 0.2) is 47.1 Å². The number of benzene rings is 1. The van der Waals surface area contributed by atoms with Gasteiger partial charge in [-0.1, -0.05) is 31.1 Å². The van der Waals surface area contributed by atoms with E-state index in [9.17, 15) is 31.1 Å². The maximum Gasteiger partial charge on any atom is 0.471 e. The molecule has 0 aliphatic heterocycles. The van der Waals surface area contributed by atoms with Crippen molar-refractivity contribution in [2.45, 2.75) is 45.6 Å². The van der Waals surface area contributed by atoms with Gasteiger partial charge >= 0.3 is 24.3 Å². The van der Waals surface area contributed by atoms with E-state index in [2.05, 4.69) is 30.3 Å². The molecule has 13 heteroatoms. The number of urea groups is 1. The number of carbonyl (C=O) groups is 1. The minimum Gasteiger partial charge on any atom is -0.338 e. The molecule has 3 aromatic rings. The van der Waals surface area contributed by atoms with Gasteiger partial charge in [-0.05, 0) is 36.8 Å². The lowest BCUT2D eigenvalue weighted by atomic mass is 9.99. The summed E-state index contributed by atoms with van der Waals surface area (Å²) < 4.78 is 81.4. The molecule has 2 aromatic heterocycles. The summed E-state index contributed by atoms with van der Waals surface area (Å²) in [5.74, 6) is -1.83. The molecule has 0 fully saturated rings. The lowest BCUT2D eigenvalue weighted by Crippen LogP contribution is -2.38. The van der Waals surface area contributed by atoms with Crippen LogP contribution in [0.4, 0.5) is 31.1 Å². The highest BCUT2D eigenvalue weighted by Crippen LogP contribution is 2.32. The van der Waals surface area contributed by atoms with E-state index in [1.165, 1.54) is 30.5 Å². The Morgan fingerprint density at radius 1 is 1.06 bits per heavy atom. The van der Waals surface area contributed by atoms with Crippen molar-refractivity contribution in [2.24, 2.45) is 0 Å². The summed E-state index contributed by atoms with van der Waals surface area (Å²) in [5, 5.41) is 8.38. The van der Waals surface area contributed by atoms with Crippen LogP contribution in [0, 0.1) is 0 Å². The quantitative estimate of drug-likeness (QED) is 0.415. The minimum absolute atomic E-state index is 0.0127. The van der Waals surface area contributed by atoms with Crippen LogP contribution in [0.1, 0.15) is 49.5 Å². The maximum atomic E-state index is 13.1. The summed E-state index contributed by atoms with van der Waals surface area (Å²) in [5.41, 5.74) is -0.165. The average Bonchev–Trinajstić information content (AvgIpc) is 3.31. The number of hydrogen-bond donors (Lipinski definition) is 2. The van der Waals surface area contributed by atoms with Gasteiger partial charge < -0.3 is 15.2 Å². The molecule has 0 bridgehead atoms. The Morgan fingerprint density at radius 3 is 2.31 bits per heavy atom. The van der Waals surface area contributed by atoms with Gasteiger partial charge in [0.15, 0.2) is 0 Å². The first-order valence-electron chi connectivity index (χ1n) is 10.5. The normalized spacial score (nSPS) is 12.4. The lowest BCUT2D eigenvalue weighted by molar-refractivity contribution is -0.159. The van der Waals surface area contributed by atoms with Crippen molar-refractivity contribution in [1.82, 2.24) is 25.8 Å². The van der Waals surface area contributed by atoms with Gasteiger partial charge in [0.2, 0.25) is 5.82 Å². The highest BCUT2D eigenvalue weighted by molar-refractivity contribution is 5.74. The van der Waals surface area contributed by atoms with Gasteiger partial charge in [0, 0.05) is 30.4 Å². The third kappa shape index (κ3) is 7.69. The number of amides is 2. The first-order valence-corrected chi connectivity index (χ1v) is 10.5. The van der Waals surface area contributed by atoms with Gasteiger partial charge in [-0.25, -0.2) is 4.79 Å². The number of alkyl halides is 6. The van der Waals surface area contributed by atoms with E-state index in [4.69, 9.17) is 0 Å². The fourth-order valence-electron chi connectivity index (χ4n) is 2.90. The monoisotopic (exact) mass is 503 g/mol. The predicted molar refractivity (Wildman–Crippen MR) is 114 cm³/mol. The zero-order valence-corrected chi connectivity index (χ0v) is 19.0. The van der Waals surface area contributed by atoms with Crippen molar-refractivity contribution in [3.8, 4) is 11.4 Å². The number of aromatic nitrogens is 3. The topological polar surface area (TPSA) is 92.9 Å². The Bertz CT molecular complexity index is 1100. The number of hydrogen-bond acceptors (Lipinski definition) is 5. The molecule has 2 heterocycles. The standard InChI is InChI=1S/C20H17F6N5O2.C2H6/c1-2-27-18(32)29-15(11-4-3-5-13(8-11)19(21,22)23)9-14-7-6-12(10-28-14)16-30-17(33-31-16)20(24,25)26;1-2/h3-8,10,15H,2,9H2,1H3,(H2,27,29,32);1-2H3. The third-order valence-corrected chi connectivity index (χ3v) is 4.42. The van der Waals surface area contributed by atoms with Crippen molar-refractivity contribution in [2.75, 3.05) is 6.54 Å². The van der Waals surface area contributed by atoms with E-state index in [-0.39, 0.29) is 23.4 Å². The van der Waals surface area contributed by atoms with Crippen LogP contribution < -0.4 is 10.6 Å². The summed E-state index contributed by atoms with van der Waals surface area (Å²) in [7, 11) is 0. The van der Waals surface area contributed by atoms with Gasteiger partial charge in [-0.15, -0.1) is 0 Å². The Hall–Kier alpha value is -3.64. The Kier molecular flexibility index (Phi) is 9.20. The van der Waals surface area contributed by atoms with Crippen molar-refractivity contribution < 1.29 is 35.7 Å². The van der Waals surface area contributed by atoms with Crippen LogP contribution in [-0.2, 0) is 18.8 Å². The van der Waals surface area contributed by atoms with Gasteiger partial charge in [-0.3, -0.25) is 4.98 Å².